The SMILES string of the molecule is CCCC(=O)N(CCOC)Cc1ccc(-c2noc(C(F)(F)F)n2)cc1. The van der Waals surface area contributed by atoms with Crippen molar-refractivity contribution in [3.63, 3.8) is 0 Å². The number of carbonyl (C=O) groups excluding carboxylic acids is 1. The molecule has 1 aromatic heterocycles. The van der Waals surface area contributed by atoms with Crippen molar-refractivity contribution in [3.05, 3.63) is 35.7 Å². The van der Waals surface area contributed by atoms with E-state index in [-0.39, 0.29) is 11.7 Å². The van der Waals surface area contributed by atoms with Crippen molar-refractivity contribution in [3.8, 4) is 11.4 Å². The van der Waals surface area contributed by atoms with Gasteiger partial charge in [0, 0.05) is 32.2 Å². The molecule has 0 spiro atoms. The molecule has 0 aliphatic rings. The zero-order valence-corrected chi connectivity index (χ0v) is 14.5. The molecule has 2 rings (SSSR count). The normalized spacial score (nSPS) is 11.6. The van der Waals surface area contributed by atoms with Gasteiger partial charge in [-0.05, 0) is 12.0 Å². The Bertz CT molecular complexity index is 714. The first kappa shape index (κ1) is 19.9. The molecular weight excluding hydrogens is 351 g/mol. The van der Waals surface area contributed by atoms with Crippen LogP contribution in [-0.2, 0) is 22.3 Å². The molecule has 9 heteroatoms. The van der Waals surface area contributed by atoms with E-state index in [1.54, 1.807) is 36.3 Å². The summed E-state index contributed by atoms with van der Waals surface area (Å²) in [6.07, 6.45) is -3.47. The number of alkyl halides is 3. The largest absolute Gasteiger partial charge is 0.471 e. The van der Waals surface area contributed by atoms with Crippen molar-refractivity contribution in [1.82, 2.24) is 15.0 Å². The number of rotatable bonds is 8. The lowest BCUT2D eigenvalue weighted by Gasteiger charge is -2.22. The molecule has 0 aliphatic heterocycles. The number of halogens is 3. The summed E-state index contributed by atoms with van der Waals surface area (Å²) in [5.41, 5.74) is 1.24. The molecule has 142 valence electrons. The standard InChI is InChI=1S/C17H20F3N3O3/c1-3-4-14(24)23(9-10-25-2)11-12-5-7-13(8-6-12)15-21-16(26-22-15)17(18,19)20/h5-8H,3-4,9-11H2,1-2H3. The van der Waals surface area contributed by atoms with Gasteiger partial charge in [0.15, 0.2) is 0 Å². The maximum absolute atomic E-state index is 12.5. The summed E-state index contributed by atoms with van der Waals surface area (Å²) in [4.78, 5) is 17.2. The van der Waals surface area contributed by atoms with Crippen LogP contribution in [0.25, 0.3) is 11.4 Å². The number of nitrogens with zero attached hydrogens (tertiary/aromatic N) is 3. The second-order valence-electron chi connectivity index (χ2n) is 5.68. The highest BCUT2D eigenvalue weighted by Gasteiger charge is 2.38. The Labute approximate surface area is 148 Å². The Morgan fingerprint density at radius 1 is 1.27 bits per heavy atom. The van der Waals surface area contributed by atoms with Crippen molar-refractivity contribution in [2.75, 3.05) is 20.3 Å². The predicted molar refractivity (Wildman–Crippen MR) is 86.9 cm³/mol. The van der Waals surface area contributed by atoms with Crippen molar-refractivity contribution in [2.24, 2.45) is 0 Å². The molecule has 0 bridgehead atoms. The molecule has 0 aliphatic carbocycles. The molecule has 1 aromatic carbocycles. The van der Waals surface area contributed by atoms with Gasteiger partial charge in [-0.1, -0.05) is 36.3 Å². The van der Waals surface area contributed by atoms with E-state index in [0.29, 0.717) is 31.7 Å². The Kier molecular flexibility index (Phi) is 6.73. The average molecular weight is 371 g/mol. The Morgan fingerprint density at radius 2 is 1.96 bits per heavy atom. The van der Waals surface area contributed by atoms with Crippen molar-refractivity contribution in [2.45, 2.75) is 32.5 Å². The van der Waals surface area contributed by atoms with E-state index in [1.807, 2.05) is 6.92 Å². The van der Waals surface area contributed by atoms with Gasteiger partial charge in [-0.3, -0.25) is 4.79 Å². The smallest absolute Gasteiger partial charge is 0.383 e. The van der Waals surface area contributed by atoms with E-state index in [2.05, 4.69) is 14.7 Å². The molecule has 6 nitrogen and oxygen atoms in total. The van der Waals surface area contributed by atoms with Crippen LogP contribution in [0.2, 0.25) is 0 Å². The Morgan fingerprint density at radius 3 is 2.50 bits per heavy atom. The average Bonchev–Trinajstić information content (AvgIpc) is 3.10. The van der Waals surface area contributed by atoms with Crippen LogP contribution in [0.15, 0.2) is 28.8 Å². The van der Waals surface area contributed by atoms with E-state index in [9.17, 15) is 18.0 Å². The molecule has 0 N–H and O–H groups in total. The van der Waals surface area contributed by atoms with Gasteiger partial charge in [0.2, 0.25) is 11.7 Å². The van der Waals surface area contributed by atoms with Crippen LogP contribution >= 0.6 is 0 Å². The van der Waals surface area contributed by atoms with Crippen LogP contribution in [0.1, 0.15) is 31.2 Å². The van der Waals surface area contributed by atoms with E-state index in [0.717, 1.165) is 12.0 Å². The van der Waals surface area contributed by atoms with Gasteiger partial charge in [-0.2, -0.15) is 18.2 Å². The number of aromatic nitrogens is 2. The number of hydrogen-bond acceptors (Lipinski definition) is 5. The van der Waals surface area contributed by atoms with Gasteiger partial charge in [0.05, 0.1) is 6.61 Å². The maximum atomic E-state index is 12.5. The van der Waals surface area contributed by atoms with E-state index >= 15 is 0 Å². The lowest BCUT2D eigenvalue weighted by Crippen LogP contribution is -2.33. The third-order valence-electron chi connectivity index (χ3n) is 3.64. The Hall–Kier alpha value is -2.42. The van der Waals surface area contributed by atoms with Crippen LogP contribution in [0.3, 0.4) is 0 Å². The highest BCUT2D eigenvalue weighted by molar-refractivity contribution is 5.76. The zero-order chi connectivity index (χ0) is 19.2. The number of hydrogen-bond donors (Lipinski definition) is 0. The lowest BCUT2D eigenvalue weighted by molar-refractivity contribution is -0.159. The zero-order valence-electron chi connectivity index (χ0n) is 14.5. The molecule has 2 aromatic rings. The lowest BCUT2D eigenvalue weighted by atomic mass is 10.1. The van der Waals surface area contributed by atoms with Crippen LogP contribution in [0.4, 0.5) is 13.2 Å². The van der Waals surface area contributed by atoms with E-state index in [1.165, 1.54) is 0 Å². The van der Waals surface area contributed by atoms with Crippen molar-refractivity contribution in [1.29, 1.82) is 0 Å². The highest BCUT2D eigenvalue weighted by atomic mass is 19.4. The van der Waals surface area contributed by atoms with Gasteiger partial charge in [-0.25, -0.2) is 0 Å². The topological polar surface area (TPSA) is 68.5 Å². The van der Waals surface area contributed by atoms with E-state index in [4.69, 9.17) is 4.74 Å². The molecule has 1 heterocycles. The number of ether oxygens (including phenoxy) is 1. The first-order chi connectivity index (χ1) is 12.3. The van der Waals surface area contributed by atoms with Gasteiger partial charge in [0.1, 0.15) is 0 Å². The monoisotopic (exact) mass is 371 g/mol. The molecule has 0 atom stereocenters. The minimum atomic E-state index is -4.67. The summed E-state index contributed by atoms with van der Waals surface area (Å²) in [7, 11) is 1.57. The predicted octanol–water partition coefficient (Wildman–Crippen LogP) is 3.53. The van der Waals surface area contributed by atoms with Gasteiger partial charge in [0.25, 0.3) is 0 Å². The summed E-state index contributed by atoms with van der Waals surface area (Å²) < 4.78 is 46.8. The van der Waals surface area contributed by atoms with Gasteiger partial charge < -0.3 is 14.2 Å². The quantitative estimate of drug-likeness (QED) is 0.710. The molecule has 0 radical (unpaired) electrons. The number of amides is 1. The molecule has 0 fully saturated rings. The first-order valence-electron chi connectivity index (χ1n) is 8.12. The number of benzene rings is 1. The second kappa shape index (κ2) is 8.79. The second-order valence-corrected chi connectivity index (χ2v) is 5.68. The van der Waals surface area contributed by atoms with Crippen LogP contribution in [0, 0.1) is 0 Å². The van der Waals surface area contributed by atoms with E-state index < -0.39 is 12.1 Å². The summed E-state index contributed by atoms with van der Waals surface area (Å²) in [5, 5.41) is 3.35. The molecule has 0 unspecified atom stereocenters. The summed E-state index contributed by atoms with van der Waals surface area (Å²) in [6, 6.07) is 6.63. The molecule has 26 heavy (non-hydrogen) atoms. The molecular formula is C17H20F3N3O3. The fourth-order valence-corrected chi connectivity index (χ4v) is 2.30. The highest BCUT2D eigenvalue weighted by Crippen LogP contribution is 2.29. The fourth-order valence-electron chi connectivity index (χ4n) is 2.30. The maximum Gasteiger partial charge on any atom is 0.471 e. The van der Waals surface area contributed by atoms with Crippen molar-refractivity contribution >= 4 is 5.91 Å². The van der Waals surface area contributed by atoms with Gasteiger partial charge >= 0.3 is 12.1 Å². The minimum absolute atomic E-state index is 0.0293. The van der Waals surface area contributed by atoms with Crippen LogP contribution < -0.4 is 0 Å². The molecule has 0 saturated heterocycles. The first-order valence-corrected chi connectivity index (χ1v) is 8.12. The molecule has 1 amide bonds. The minimum Gasteiger partial charge on any atom is -0.383 e. The van der Waals surface area contributed by atoms with Crippen LogP contribution in [0.5, 0.6) is 0 Å². The number of methoxy groups -OCH3 is 1. The van der Waals surface area contributed by atoms with Crippen LogP contribution in [-0.4, -0.2) is 41.2 Å². The Balaban J connectivity index is 2.09. The summed E-state index contributed by atoms with van der Waals surface area (Å²) >= 11 is 0. The third-order valence-corrected chi connectivity index (χ3v) is 3.64. The summed E-state index contributed by atoms with van der Waals surface area (Å²) in [6.45, 7) is 3.22. The van der Waals surface area contributed by atoms with Gasteiger partial charge in [-0.15, -0.1) is 0 Å². The van der Waals surface area contributed by atoms with Crippen molar-refractivity contribution < 1.29 is 27.2 Å². The fraction of sp³-hybridized carbons (Fsp3) is 0.471. The summed E-state index contributed by atoms with van der Waals surface area (Å²) in [5.74, 6) is -1.49. The number of carbonyl (C=O) groups is 1. The third kappa shape index (κ3) is 5.29. The molecule has 0 saturated carbocycles.